The summed E-state index contributed by atoms with van der Waals surface area (Å²) in [6, 6.07) is 2.47. The number of hydrogen-bond donors (Lipinski definition) is 2. The molecule has 124 valence electrons. The fourth-order valence-electron chi connectivity index (χ4n) is 3.59. The first kappa shape index (κ1) is 14.9. The Hall–Kier alpha value is -2.70. The highest BCUT2D eigenvalue weighted by molar-refractivity contribution is 5.89. The average molecular weight is 325 g/mol. The van der Waals surface area contributed by atoms with E-state index in [1.165, 1.54) is 25.7 Å². The number of aryl methyl sites for hydroxylation is 1. The molecule has 1 fully saturated rings. The molecule has 0 atom stereocenters. The molecule has 0 saturated heterocycles. The molecule has 7 nitrogen and oxygen atoms in total. The number of aromatic amines is 1. The Labute approximate surface area is 139 Å². The molecule has 3 aromatic rings. The van der Waals surface area contributed by atoms with Gasteiger partial charge in [0, 0.05) is 11.6 Å². The van der Waals surface area contributed by atoms with Gasteiger partial charge in [0.05, 0.1) is 29.9 Å². The van der Waals surface area contributed by atoms with Crippen molar-refractivity contribution in [2.75, 3.05) is 0 Å². The first-order valence-corrected chi connectivity index (χ1v) is 8.41. The molecule has 0 radical (unpaired) electrons. The molecular formula is C17H21N6O+. The SMILES string of the molecule is NC(=O)CC[n+]1cc(-c2ncnc3[nH]ccc23)cn1C1CCCC1. The van der Waals surface area contributed by atoms with Crippen LogP contribution in [0.1, 0.15) is 38.1 Å². The molecule has 1 saturated carbocycles. The minimum atomic E-state index is -0.279. The third-order valence-electron chi connectivity index (χ3n) is 4.77. The summed E-state index contributed by atoms with van der Waals surface area (Å²) in [5.74, 6) is -0.279. The van der Waals surface area contributed by atoms with E-state index in [1.54, 1.807) is 6.33 Å². The van der Waals surface area contributed by atoms with E-state index >= 15 is 0 Å². The van der Waals surface area contributed by atoms with Crippen molar-refractivity contribution in [3.8, 4) is 11.3 Å². The van der Waals surface area contributed by atoms with Gasteiger partial charge in [0.25, 0.3) is 0 Å². The van der Waals surface area contributed by atoms with Crippen molar-refractivity contribution in [2.24, 2.45) is 5.73 Å². The number of nitrogens with two attached hydrogens (primary N) is 1. The van der Waals surface area contributed by atoms with Crippen LogP contribution in [0.3, 0.4) is 0 Å². The van der Waals surface area contributed by atoms with E-state index in [0.29, 0.717) is 19.0 Å². The topological polar surface area (TPSA) is 93.5 Å². The van der Waals surface area contributed by atoms with Crippen molar-refractivity contribution < 1.29 is 9.48 Å². The maximum Gasteiger partial charge on any atom is 0.223 e. The van der Waals surface area contributed by atoms with Crippen LogP contribution in [-0.4, -0.2) is 25.5 Å². The lowest BCUT2D eigenvalue weighted by Gasteiger charge is -2.09. The van der Waals surface area contributed by atoms with Gasteiger partial charge in [-0.3, -0.25) is 4.79 Å². The third-order valence-corrected chi connectivity index (χ3v) is 4.77. The zero-order valence-electron chi connectivity index (χ0n) is 13.5. The highest BCUT2D eigenvalue weighted by Gasteiger charge is 2.26. The van der Waals surface area contributed by atoms with E-state index in [4.69, 9.17) is 5.73 Å². The van der Waals surface area contributed by atoms with Crippen LogP contribution in [0.25, 0.3) is 22.3 Å². The van der Waals surface area contributed by atoms with Crippen LogP contribution in [0.15, 0.2) is 31.0 Å². The van der Waals surface area contributed by atoms with Crippen LogP contribution < -0.4 is 10.4 Å². The summed E-state index contributed by atoms with van der Waals surface area (Å²) in [4.78, 5) is 23.0. The second-order valence-electron chi connectivity index (χ2n) is 6.37. The van der Waals surface area contributed by atoms with E-state index in [9.17, 15) is 4.79 Å². The highest BCUT2D eigenvalue weighted by Crippen LogP contribution is 2.30. The minimum Gasteiger partial charge on any atom is -0.369 e. The smallest absolute Gasteiger partial charge is 0.223 e. The Balaban J connectivity index is 1.76. The third kappa shape index (κ3) is 2.66. The van der Waals surface area contributed by atoms with Gasteiger partial charge in [-0.05, 0) is 18.9 Å². The van der Waals surface area contributed by atoms with Gasteiger partial charge in [-0.2, -0.15) is 4.68 Å². The molecule has 7 heteroatoms. The van der Waals surface area contributed by atoms with E-state index in [0.717, 1.165) is 22.3 Å². The van der Waals surface area contributed by atoms with E-state index in [1.807, 2.05) is 12.3 Å². The normalized spacial score (nSPS) is 15.3. The van der Waals surface area contributed by atoms with Gasteiger partial charge in [0.1, 0.15) is 12.0 Å². The fraction of sp³-hybridized carbons (Fsp3) is 0.412. The predicted molar refractivity (Wildman–Crippen MR) is 88.8 cm³/mol. The van der Waals surface area contributed by atoms with Gasteiger partial charge >= 0.3 is 0 Å². The number of amides is 1. The zero-order valence-corrected chi connectivity index (χ0v) is 13.5. The quantitative estimate of drug-likeness (QED) is 0.699. The number of nitrogens with one attached hydrogen (secondary N) is 1. The van der Waals surface area contributed by atoms with Crippen LogP contribution in [0.2, 0.25) is 0 Å². The molecule has 0 aromatic carbocycles. The van der Waals surface area contributed by atoms with Crippen LogP contribution in [0, 0.1) is 0 Å². The number of H-pyrrole nitrogens is 1. The molecule has 1 aliphatic carbocycles. The summed E-state index contributed by atoms with van der Waals surface area (Å²) in [6.45, 7) is 0.590. The molecule has 3 N–H and O–H groups in total. The average Bonchev–Trinajstić information content (AvgIpc) is 3.30. The maximum absolute atomic E-state index is 11.2. The molecule has 0 bridgehead atoms. The standard InChI is InChI=1S/C17H20N6O/c18-15(24)6-8-22-9-12(10-23(22)13-3-1-2-4-13)16-14-5-7-19-17(14)21-11-20-16/h5,7,9-11,13H,1-4,6,8H2,(H2-,18,19,20,21,24)/p+1. The van der Waals surface area contributed by atoms with Gasteiger partial charge in [-0.1, -0.05) is 12.8 Å². The lowest BCUT2D eigenvalue weighted by molar-refractivity contribution is -0.776. The first-order valence-electron chi connectivity index (χ1n) is 8.41. The Bertz CT molecular complexity index is 874. The molecule has 3 heterocycles. The van der Waals surface area contributed by atoms with E-state index < -0.39 is 0 Å². The molecule has 0 unspecified atom stereocenters. The molecule has 4 rings (SSSR count). The number of nitrogens with zero attached hydrogens (tertiary/aromatic N) is 4. The molecule has 24 heavy (non-hydrogen) atoms. The lowest BCUT2D eigenvalue weighted by Crippen LogP contribution is -2.45. The van der Waals surface area contributed by atoms with E-state index in [-0.39, 0.29) is 5.91 Å². The number of carbonyl (C=O) groups is 1. The van der Waals surface area contributed by atoms with Gasteiger partial charge in [0.15, 0.2) is 6.54 Å². The first-order chi connectivity index (χ1) is 11.7. The molecular weight excluding hydrogens is 304 g/mol. The van der Waals surface area contributed by atoms with Gasteiger partial charge in [-0.15, -0.1) is 4.68 Å². The summed E-state index contributed by atoms with van der Waals surface area (Å²) < 4.78 is 4.36. The van der Waals surface area contributed by atoms with Crippen molar-refractivity contribution in [3.05, 3.63) is 31.0 Å². The second kappa shape index (κ2) is 6.07. The number of carbonyl (C=O) groups excluding carboxylic acids is 1. The molecule has 0 spiro atoms. The van der Waals surface area contributed by atoms with Crippen molar-refractivity contribution in [2.45, 2.75) is 44.7 Å². The van der Waals surface area contributed by atoms with Gasteiger partial charge < -0.3 is 10.7 Å². The minimum absolute atomic E-state index is 0.279. The number of aromatic nitrogens is 5. The summed E-state index contributed by atoms with van der Waals surface area (Å²) in [6.07, 6.45) is 12.9. The maximum atomic E-state index is 11.2. The molecule has 3 aromatic heterocycles. The summed E-state index contributed by atoms with van der Waals surface area (Å²) in [5, 5.41) is 1.00. The van der Waals surface area contributed by atoms with Crippen molar-refractivity contribution >= 4 is 16.9 Å². The number of rotatable bonds is 5. The van der Waals surface area contributed by atoms with Crippen LogP contribution in [0.5, 0.6) is 0 Å². The van der Waals surface area contributed by atoms with Crippen LogP contribution in [0.4, 0.5) is 0 Å². The Morgan fingerprint density at radius 3 is 3.00 bits per heavy atom. The van der Waals surface area contributed by atoms with Crippen LogP contribution >= 0.6 is 0 Å². The van der Waals surface area contributed by atoms with E-state index in [2.05, 4.69) is 36.7 Å². The fourth-order valence-corrected chi connectivity index (χ4v) is 3.59. The number of hydrogen-bond acceptors (Lipinski definition) is 3. The highest BCUT2D eigenvalue weighted by atomic mass is 16.1. The van der Waals surface area contributed by atoms with Gasteiger partial charge in [-0.25, -0.2) is 9.97 Å². The van der Waals surface area contributed by atoms with Crippen molar-refractivity contribution in [3.63, 3.8) is 0 Å². The van der Waals surface area contributed by atoms with Gasteiger partial charge in [0.2, 0.25) is 12.1 Å². The zero-order chi connectivity index (χ0) is 16.5. The molecule has 0 aliphatic heterocycles. The molecule has 1 aliphatic rings. The second-order valence-corrected chi connectivity index (χ2v) is 6.37. The summed E-state index contributed by atoms with van der Waals surface area (Å²) in [5.41, 5.74) is 8.12. The van der Waals surface area contributed by atoms with Crippen LogP contribution in [-0.2, 0) is 11.3 Å². The monoisotopic (exact) mass is 325 g/mol. The Morgan fingerprint density at radius 2 is 2.21 bits per heavy atom. The molecule has 1 amide bonds. The largest absolute Gasteiger partial charge is 0.369 e. The summed E-state index contributed by atoms with van der Waals surface area (Å²) >= 11 is 0. The lowest BCUT2D eigenvalue weighted by atomic mass is 10.2. The summed E-state index contributed by atoms with van der Waals surface area (Å²) in [7, 11) is 0. The number of primary amides is 1. The van der Waals surface area contributed by atoms with Crippen molar-refractivity contribution in [1.82, 2.24) is 19.6 Å². The van der Waals surface area contributed by atoms with Crippen molar-refractivity contribution in [1.29, 1.82) is 0 Å². The Morgan fingerprint density at radius 1 is 1.38 bits per heavy atom. The number of fused-ring (bicyclic) bond motifs is 1. The Kier molecular flexibility index (Phi) is 3.76. The predicted octanol–water partition coefficient (Wildman–Crippen LogP) is 1.70.